The van der Waals surface area contributed by atoms with E-state index in [1.54, 1.807) is 4.52 Å². The van der Waals surface area contributed by atoms with Crippen LogP contribution in [0.1, 0.15) is 19.3 Å². The number of anilines is 1. The minimum Gasteiger partial charge on any atom is -0.370 e. The molecule has 0 aliphatic carbocycles. The van der Waals surface area contributed by atoms with Gasteiger partial charge in [-0.15, -0.1) is 5.10 Å². The van der Waals surface area contributed by atoms with Gasteiger partial charge in [0.2, 0.25) is 11.9 Å². The van der Waals surface area contributed by atoms with Gasteiger partial charge in [0.25, 0.3) is 0 Å². The lowest BCUT2D eigenvalue weighted by molar-refractivity contribution is -0.118. The molecule has 0 bridgehead atoms. The Kier molecular flexibility index (Phi) is 4.14. The molecule has 0 saturated heterocycles. The lowest BCUT2D eigenvalue weighted by atomic mass is 10.2. The van der Waals surface area contributed by atoms with Gasteiger partial charge in [0.1, 0.15) is 0 Å². The van der Waals surface area contributed by atoms with Crippen molar-refractivity contribution < 1.29 is 4.79 Å². The van der Waals surface area contributed by atoms with Gasteiger partial charge in [0.15, 0.2) is 5.65 Å². The van der Waals surface area contributed by atoms with E-state index in [4.69, 9.17) is 5.73 Å². The van der Waals surface area contributed by atoms with E-state index in [0.717, 1.165) is 29.5 Å². The van der Waals surface area contributed by atoms with Crippen molar-refractivity contribution in [2.75, 3.05) is 11.9 Å². The van der Waals surface area contributed by atoms with Crippen molar-refractivity contribution >= 4 is 33.4 Å². The van der Waals surface area contributed by atoms with Crippen LogP contribution in [-0.2, 0) is 4.79 Å². The number of nitrogens with one attached hydrogen (secondary N) is 1. The van der Waals surface area contributed by atoms with Crippen LogP contribution in [0.5, 0.6) is 0 Å². The second-order valence-corrected chi connectivity index (χ2v) is 4.85. The highest BCUT2D eigenvalue weighted by molar-refractivity contribution is 9.10. The van der Waals surface area contributed by atoms with E-state index in [9.17, 15) is 4.79 Å². The average molecular weight is 312 g/mol. The largest absolute Gasteiger partial charge is 0.370 e. The van der Waals surface area contributed by atoms with E-state index in [1.807, 2.05) is 18.3 Å². The summed E-state index contributed by atoms with van der Waals surface area (Å²) in [5.74, 6) is 0.331. The lowest BCUT2D eigenvalue weighted by Crippen LogP contribution is -2.11. The van der Waals surface area contributed by atoms with Crippen LogP contribution in [0.3, 0.4) is 0 Å². The SMILES string of the molecule is NC(=O)CCCCNc1nc2ccc(Br)cn2n1. The molecule has 0 radical (unpaired) electrons. The molecule has 96 valence electrons. The first-order valence-corrected chi connectivity index (χ1v) is 6.48. The molecule has 2 heterocycles. The maximum atomic E-state index is 10.6. The summed E-state index contributed by atoms with van der Waals surface area (Å²) in [6, 6.07) is 3.80. The van der Waals surface area contributed by atoms with Crippen LogP contribution in [0.25, 0.3) is 5.65 Å². The molecular weight excluding hydrogens is 298 g/mol. The summed E-state index contributed by atoms with van der Waals surface area (Å²) in [7, 11) is 0. The lowest BCUT2D eigenvalue weighted by Gasteiger charge is -1.99. The number of rotatable bonds is 6. The van der Waals surface area contributed by atoms with Crippen molar-refractivity contribution in [2.24, 2.45) is 5.73 Å². The number of aromatic nitrogens is 3. The van der Waals surface area contributed by atoms with Gasteiger partial charge in [0, 0.05) is 23.6 Å². The second-order valence-electron chi connectivity index (χ2n) is 3.94. The Morgan fingerprint density at radius 2 is 2.28 bits per heavy atom. The van der Waals surface area contributed by atoms with E-state index in [1.165, 1.54) is 0 Å². The molecule has 0 fully saturated rings. The standard InChI is InChI=1S/C11H14BrN5O/c12-8-4-5-10-15-11(16-17(10)7-8)14-6-2-1-3-9(13)18/h4-5,7H,1-3,6H2,(H2,13,18)(H,14,16). The number of pyridine rings is 1. The van der Waals surface area contributed by atoms with Gasteiger partial charge in [0.05, 0.1) is 0 Å². The maximum absolute atomic E-state index is 10.6. The summed E-state index contributed by atoms with van der Waals surface area (Å²) in [6.45, 7) is 0.728. The summed E-state index contributed by atoms with van der Waals surface area (Å²) >= 11 is 3.38. The number of primary amides is 1. The van der Waals surface area contributed by atoms with E-state index in [0.29, 0.717) is 12.4 Å². The van der Waals surface area contributed by atoms with Crippen LogP contribution in [0.2, 0.25) is 0 Å². The van der Waals surface area contributed by atoms with Gasteiger partial charge in [-0.2, -0.15) is 4.98 Å². The molecule has 0 unspecified atom stereocenters. The molecule has 0 saturated carbocycles. The first-order chi connectivity index (χ1) is 8.65. The molecule has 0 spiro atoms. The van der Waals surface area contributed by atoms with Gasteiger partial charge in [-0.3, -0.25) is 4.79 Å². The zero-order chi connectivity index (χ0) is 13.0. The molecule has 2 rings (SSSR count). The Morgan fingerprint density at radius 3 is 3.06 bits per heavy atom. The molecule has 0 aliphatic heterocycles. The zero-order valence-electron chi connectivity index (χ0n) is 9.77. The van der Waals surface area contributed by atoms with Crippen LogP contribution in [0.15, 0.2) is 22.8 Å². The Hall–Kier alpha value is -1.63. The molecule has 2 aromatic heterocycles. The quantitative estimate of drug-likeness (QED) is 0.793. The number of halogens is 1. The fourth-order valence-electron chi connectivity index (χ4n) is 1.56. The van der Waals surface area contributed by atoms with Crippen LogP contribution < -0.4 is 11.1 Å². The number of amides is 1. The summed E-state index contributed by atoms with van der Waals surface area (Å²) in [5, 5.41) is 7.40. The fraction of sp³-hybridized carbons (Fsp3) is 0.364. The van der Waals surface area contributed by atoms with Gasteiger partial charge < -0.3 is 11.1 Å². The van der Waals surface area contributed by atoms with Gasteiger partial charge >= 0.3 is 0 Å². The first kappa shape index (κ1) is 12.8. The molecule has 0 aromatic carbocycles. The number of hydrogen-bond donors (Lipinski definition) is 2. The molecule has 0 atom stereocenters. The van der Waals surface area contributed by atoms with E-state index < -0.39 is 0 Å². The van der Waals surface area contributed by atoms with Gasteiger partial charge in [-0.1, -0.05) is 0 Å². The van der Waals surface area contributed by atoms with Crippen molar-refractivity contribution in [3.05, 3.63) is 22.8 Å². The number of hydrogen-bond acceptors (Lipinski definition) is 4. The molecule has 0 aliphatic rings. The number of nitrogens with two attached hydrogens (primary N) is 1. The van der Waals surface area contributed by atoms with Crippen molar-refractivity contribution in [2.45, 2.75) is 19.3 Å². The van der Waals surface area contributed by atoms with Crippen molar-refractivity contribution in [1.82, 2.24) is 14.6 Å². The maximum Gasteiger partial charge on any atom is 0.243 e. The van der Waals surface area contributed by atoms with E-state index in [-0.39, 0.29) is 5.91 Å². The van der Waals surface area contributed by atoms with Crippen molar-refractivity contribution in [1.29, 1.82) is 0 Å². The normalized spacial score (nSPS) is 10.7. The molecule has 18 heavy (non-hydrogen) atoms. The smallest absolute Gasteiger partial charge is 0.243 e. The number of carbonyl (C=O) groups is 1. The highest BCUT2D eigenvalue weighted by Crippen LogP contribution is 2.12. The third kappa shape index (κ3) is 3.43. The van der Waals surface area contributed by atoms with E-state index >= 15 is 0 Å². The predicted molar refractivity (Wildman–Crippen MR) is 72.2 cm³/mol. The minimum absolute atomic E-state index is 0.259. The van der Waals surface area contributed by atoms with Crippen LogP contribution >= 0.6 is 15.9 Å². The number of unbranched alkanes of at least 4 members (excludes halogenated alkanes) is 1. The Bertz CT molecular complexity index is 553. The Balaban J connectivity index is 1.86. The molecule has 6 nitrogen and oxygen atoms in total. The molecule has 2 aromatic rings. The van der Waals surface area contributed by atoms with E-state index in [2.05, 4.69) is 31.3 Å². The third-order valence-corrected chi connectivity index (χ3v) is 2.90. The number of carbonyl (C=O) groups excluding carboxylic acids is 1. The second kappa shape index (κ2) is 5.81. The number of nitrogens with zero attached hydrogens (tertiary/aromatic N) is 3. The van der Waals surface area contributed by atoms with Crippen molar-refractivity contribution in [3.8, 4) is 0 Å². The third-order valence-electron chi connectivity index (χ3n) is 2.43. The van der Waals surface area contributed by atoms with Crippen LogP contribution in [-0.4, -0.2) is 27.0 Å². The van der Waals surface area contributed by atoms with Gasteiger partial charge in [-0.25, -0.2) is 4.52 Å². The summed E-state index contributed by atoms with van der Waals surface area (Å²) in [6.07, 6.45) is 3.91. The molecule has 3 N–H and O–H groups in total. The Labute approximate surface area is 113 Å². The monoisotopic (exact) mass is 311 g/mol. The van der Waals surface area contributed by atoms with Crippen molar-refractivity contribution in [3.63, 3.8) is 0 Å². The van der Waals surface area contributed by atoms with Crippen LogP contribution in [0, 0.1) is 0 Å². The predicted octanol–water partition coefficient (Wildman–Crippen LogP) is 1.56. The van der Waals surface area contributed by atoms with Crippen LogP contribution in [0.4, 0.5) is 5.95 Å². The fourth-order valence-corrected chi connectivity index (χ4v) is 1.88. The molecule has 1 amide bonds. The topological polar surface area (TPSA) is 85.3 Å². The zero-order valence-corrected chi connectivity index (χ0v) is 11.4. The summed E-state index contributed by atoms with van der Waals surface area (Å²) in [4.78, 5) is 14.9. The molecular formula is C11H14BrN5O. The minimum atomic E-state index is -0.259. The molecule has 7 heteroatoms. The Morgan fingerprint density at radius 1 is 1.44 bits per heavy atom. The van der Waals surface area contributed by atoms with Gasteiger partial charge in [-0.05, 0) is 40.9 Å². The summed E-state index contributed by atoms with van der Waals surface area (Å²) in [5.41, 5.74) is 5.85. The first-order valence-electron chi connectivity index (χ1n) is 5.69. The highest BCUT2D eigenvalue weighted by Gasteiger charge is 2.02. The number of fused-ring (bicyclic) bond motifs is 1. The highest BCUT2D eigenvalue weighted by atomic mass is 79.9. The average Bonchev–Trinajstić information content (AvgIpc) is 2.70. The summed E-state index contributed by atoms with van der Waals surface area (Å²) < 4.78 is 2.66.